The van der Waals surface area contributed by atoms with Crippen LogP contribution < -0.4 is 0 Å². The Labute approximate surface area is 136 Å². The van der Waals surface area contributed by atoms with Crippen LogP contribution in [0.4, 0.5) is 0 Å². The number of aryl methyl sites for hydroxylation is 2. The Balaban J connectivity index is 1.77. The van der Waals surface area contributed by atoms with E-state index < -0.39 is 0 Å². The zero-order valence-electron chi connectivity index (χ0n) is 14.3. The van der Waals surface area contributed by atoms with Crippen LogP contribution >= 0.6 is 0 Å². The summed E-state index contributed by atoms with van der Waals surface area (Å²) in [7, 11) is 1.93. The number of nitrogens with zero attached hydrogens (tertiary/aromatic N) is 4. The molecule has 0 bridgehead atoms. The smallest absolute Gasteiger partial charge is 0.229 e. The third-order valence-corrected chi connectivity index (χ3v) is 5.06. The number of hydrogen-bond acceptors (Lipinski definition) is 3. The van der Waals surface area contributed by atoms with Crippen LogP contribution in [0.3, 0.4) is 0 Å². The molecule has 0 spiro atoms. The Morgan fingerprint density at radius 3 is 2.83 bits per heavy atom. The maximum atomic E-state index is 13.0. The van der Waals surface area contributed by atoms with Crippen LogP contribution in [-0.2, 0) is 11.8 Å². The van der Waals surface area contributed by atoms with Gasteiger partial charge in [-0.15, -0.1) is 0 Å². The molecule has 23 heavy (non-hydrogen) atoms. The van der Waals surface area contributed by atoms with E-state index in [1.807, 2.05) is 43.5 Å². The zero-order chi connectivity index (χ0) is 16.6. The maximum Gasteiger partial charge on any atom is 0.229 e. The molecule has 3 rings (SSSR count). The summed E-state index contributed by atoms with van der Waals surface area (Å²) >= 11 is 0. The second-order valence-electron chi connectivity index (χ2n) is 6.57. The molecule has 2 aromatic rings. The summed E-state index contributed by atoms with van der Waals surface area (Å²) < 4.78 is 1.86. The van der Waals surface area contributed by atoms with Crippen molar-refractivity contribution in [1.82, 2.24) is 24.9 Å². The van der Waals surface area contributed by atoms with Crippen LogP contribution in [-0.4, -0.2) is 43.9 Å². The standard InChI is InChI=1S/C17H25N5O/c1-11(16-12(2)20-21(4)13(16)3)17(23)22-9-5-6-14(10-22)15-7-8-18-19-15/h7-8,11,14H,5-6,9-10H2,1-4H3,(H,18,19)/t11-,14-/m1/s1. The van der Waals surface area contributed by atoms with E-state index in [1.165, 1.54) is 0 Å². The van der Waals surface area contributed by atoms with Gasteiger partial charge >= 0.3 is 0 Å². The fourth-order valence-electron chi connectivity index (χ4n) is 3.74. The molecule has 0 aromatic carbocycles. The number of rotatable bonds is 3. The van der Waals surface area contributed by atoms with Crippen molar-refractivity contribution >= 4 is 5.91 Å². The van der Waals surface area contributed by atoms with Crippen LogP contribution in [0.25, 0.3) is 0 Å². The SMILES string of the molecule is Cc1nn(C)c(C)c1[C@@H](C)C(=O)N1CCC[C@@H](c2ccn[nH]2)C1. The van der Waals surface area contributed by atoms with Crippen LogP contribution in [0.2, 0.25) is 0 Å². The number of piperidine rings is 1. The summed E-state index contributed by atoms with van der Waals surface area (Å²) in [5.41, 5.74) is 4.23. The average molecular weight is 315 g/mol. The molecule has 3 heterocycles. The Kier molecular flexibility index (Phi) is 4.24. The lowest BCUT2D eigenvalue weighted by atomic mass is 9.92. The second-order valence-corrected chi connectivity index (χ2v) is 6.57. The van der Waals surface area contributed by atoms with Gasteiger partial charge in [-0.2, -0.15) is 10.2 Å². The minimum Gasteiger partial charge on any atom is -0.342 e. The molecule has 2 atom stereocenters. The predicted molar refractivity (Wildman–Crippen MR) is 88.2 cm³/mol. The number of aromatic nitrogens is 4. The third kappa shape index (κ3) is 2.90. The average Bonchev–Trinajstić information content (AvgIpc) is 3.16. The molecule has 1 aliphatic rings. The fourth-order valence-corrected chi connectivity index (χ4v) is 3.74. The van der Waals surface area contributed by atoms with Gasteiger partial charge in [-0.1, -0.05) is 0 Å². The van der Waals surface area contributed by atoms with Crippen molar-refractivity contribution in [3.63, 3.8) is 0 Å². The van der Waals surface area contributed by atoms with Gasteiger partial charge in [0.2, 0.25) is 5.91 Å². The van der Waals surface area contributed by atoms with Gasteiger partial charge in [0, 0.05) is 49.2 Å². The molecule has 6 heteroatoms. The number of carbonyl (C=O) groups is 1. The minimum absolute atomic E-state index is 0.149. The lowest BCUT2D eigenvalue weighted by molar-refractivity contribution is -0.133. The van der Waals surface area contributed by atoms with Crippen molar-refractivity contribution in [2.75, 3.05) is 13.1 Å². The van der Waals surface area contributed by atoms with Gasteiger partial charge in [0.1, 0.15) is 0 Å². The molecule has 0 aliphatic carbocycles. The highest BCUT2D eigenvalue weighted by molar-refractivity contribution is 5.84. The van der Waals surface area contributed by atoms with E-state index in [0.29, 0.717) is 5.92 Å². The normalized spacial score (nSPS) is 19.8. The first-order valence-electron chi connectivity index (χ1n) is 8.27. The monoisotopic (exact) mass is 315 g/mol. The van der Waals surface area contributed by atoms with Crippen molar-refractivity contribution in [3.05, 3.63) is 34.9 Å². The summed E-state index contributed by atoms with van der Waals surface area (Å²) in [5, 5.41) is 11.5. The van der Waals surface area contributed by atoms with Gasteiger partial charge in [0.15, 0.2) is 0 Å². The molecule has 2 aromatic heterocycles. The highest BCUT2D eigenvalue weighted by Crippen LogP contribution is 2.29. The molecule has 0 radical (unpaired) electrons. The van der Waals surface area contributed by atoms with Gasteiger partial charge in [-0.3, -0.25) is 14.6 Å². The number of H-pyrrole nitrogens is 1. The predicted octanol–water partition coefficient (Wildman–Crippen LogP) is 2.27. The van der Waals surface area contributed by atoms with E-state index in [2.05, 4.69) is 15.3 Å². The van der Waals surface area contributed by atoms with Crippen molar-refractivity contribution < 1.29 is 4.79 Å². The highest BCUT2D eigenvalue weighted by atomic mass is 16.2. The molecule has 0 saturated carbocycles. The molecular weight excluding hydrogens is 290 g/mol. The Hall–Kier alpha value is -2.11. The van der Waals surface area contributed by atoms with E-state index in [-0.39, 0.29) is 11.8 Å². The van der Waals surface area contributed by atoms with Crippen LogP contribution in [0.15, 0.2) is 12.3 Å². The number of nitrogens with one attached hydrogen (secondary N) is 1. The molecule has 1 N–H and O–H groups in total. The summed E-state index contributed by atoms with van der Waals surface area (Å²) in [6, 6.07) is 2.01. The lowest BCUT2D eigenvalue weighted by Crippen LogP contribution is -2.41. The van der Waals surface area contributed by atoms with Crippen molar-refractivity contribution in [3.8, 4) is 0 Å². The fraction of sp³-hybridized carbons (Fsp3) is 0.588. The first-order valence-corrected chi connectivity index (χ1v) is 8.27. The molecule has 0 unspecified atom stereocenters. The second kappa shape index (κ2) is 6.18. The van der Waals surface area contributed by atoms with E-state index >= 15 is 0 Å². The van der Waals surface area contributed by atoms with Crippen LogP contribution in [0, 0.1) is 13.8 Å². The summed E-state index contributed by atoms with van der Waals surface area (Å²) in [6.07, 6.45) is 3.92. The quantitative estimate of drug-likeness (QED) is 0.945. The molecule has 1 fully saturated rings. The van der Waals surface area contributed by atoms with Crippen molar-refractivity contribution in [1.29, 1.82) is 0 Å². The highest BCUT2D eigenvalue weighted by Gasteiger charge is 2.31. The van der Waals surface area contributed by atoms with Crippen molar-refractivity contribution in [2.24, 2.45) is 7.05 Å². The van der Waals surface area contributed by atoms with Gasteiger partial charge < -0.3 is 4.90 Å². The van der Waals surface area contributed by atoms with Gasteiger partial charge in [0.25, 0.3) is 0 Å². The minimum atomic E-state index is -0.149. The largest absolute Gasteiger partial charge is 0.342 e. The Morgan fingerprint density at radius 2 is 2.22 bits per heavy atom. The number of amides is 1. The first-order chi connectivity index (χ1) is 11.0. The number of likely N-dealkylation sites (tertiary alicyclic amines) is 1. The van der Waals surface area contributed by atoms with E-state index in [0.717, 1.165) is 48.6 Å². The van der Waals surface area contributed by atoms with Gasteiger partial charge in [0.05, 0.1) is 11.6 Å². The maximum absolute atomic E-state index is 13.0. The third-order valence-electron chi connectivity index (χ3n) is 5.06. The van der Waals surface area contributed by atoms with E-state index in [9.17, 15) is 4.79 Å². The molecular formula is C17H25N5O. The molecule has 124 valence electrons. The topological polar surface area (TPSA) is 66.8 Å². The van der Waals surface area contributed by atoms with E-state index in [1.54, 1.807) is 6.20 Å². The van der Waals surface area contributed by atoms with Crippen LogP contribution in [0.5, 0.6) is 0 Å². The molecule has 1 aliphatic heterocycles. The van der Waals surface area contributed by atoms with Crippen molar-refractivity contribution in [2.45, 2.75) is 45.4 Å². The lowest BCUT2D eigenvalue weighted by Gasteiger charge is -2.34. The Morgan fingerprint density at radius 1 is 1.43 bits per heavy atom. The Bertz CT molecular complexity index is 688. The zero-order valence-corrected chi connectivity index (χ0v) is 14.3. The molecule has 1 saturated heterocycles. The van der Waals surface area contributed by atoms with Gasteiger partial charge in [-0.05, 0) is 39.7 Å². The summed E-state index contributed by atoms with van der Waals surface area (Å²) in [5.74, 6) is 0.413. The molecule has 1 amide bonds. The van der Waals surface area contributed by atoms with Gasteiger partial charge in [-0.25, -0.2) is 0 Å². The van der Waals surface area contributed by atoms with E-state index in [4.69, 9.17) is 0 Å². The number of carbonyl (C=O) groups excluding carboxylic acids is 1. The summed E-state index contributed by atoms with van der Waals surface area (Å²) in [4.78, 5) is 15.0. The summed E-state index contributed by atoms with van der Waals surface area (Å²) in [6.45, 7) is 7.62. The first kappa shape index (κ1) is 15.8. The van der Waals surface area contributed by atoms with Crippen LogP contribution in [0.1, 0.15) is 54.2 Å². The molecule has 6 nitrogen and oxygen atoms in total. The number of aromatic amines is 1. The number of hydrogen-bond donors (Lipinski definition) is 1.